The molecule has 11 heavy (non-hydrogen) atoms. The summed E-state index contributed by atoms with van der Waals surface area (Å²) in [7, 11) is 2.06. The molecule has 0 N–H and O–H groups in total. The second-order valence-electron chi connectivity index (χ2n) is 3.13. The van der Waals surface area contributed by atoms with E-state index in [9.17, 15) is 0 Å². The van der Waals surface area contributed by atoms with Crippen LogP contribution >= 0.6 is 15.9 Å². The third-order valence-electron chi connectivity index (χ3n) is 2.44. The van der Waals surface area contributed by atoms with E-state index in [1.165, 1.54) is 25.1 Å². The van der Waals surface area contributed by atoms with Crippen LogP contribution in [0.3, 0.4) is 0 Å². The first-order chi connectivity index (χ1) is 5.29. The summed E-state index contributed by atoms with van der Waals surface area (Å²) in [4.78, 5) is 4.35. The lowest BCUT2D eigenvalue weighted by Gasteiger charge is -2.24. The molecule has 1 aromatic rings. The lowest BCUT2D eigenvalue weighted by molar-refractivity contribution is 0.392. The summed E-state index contributed by atoms with van der Waals surface area (Å²) in [6.07, 6.45) is 5.89. The Balaban J connectivity index is 2.29. The van der Waals surface area contributed by atoms with E-state index < -0.39 is 0 Å². The number of hydrogen-bond donors (Lipinski definition) is 0. The van der Waals surface area contributed by atoms with Crippen molar-refractivity contribution in [1.82, 2.24) is 9.55 Å². The van der Waals surface area contributed by atoms with Gasteiger partial charge in [-0.25, -0.2) is 4.98 Å². The molecule has 0 amide bonds. The van der Waals surface area contributed by atoms with Crippen LogP contribution in [0.4, 0.5) is 0 Å². The van der Waals surface area contributed by atoms with Crippen LogP contribution in [0, 0.1) is 0 Å². The molecule has 1 heterocycles. The Labute approximate surface area is 74.8 Å². The largest absolute Gasteiger partial charge is 0.326 e. The first-order valence-electron chi connectivity index (χ1n) is 3.96. The monoisotopic (exact) mass is 214 g/mol. The van der Waals surface area contributed by atoms with E-state index in [4.69, 9.17) is 0 Å². The summed E-state index contributed by atoms with van der Waals surface area (Å²) in [5, 5.41) is 0. The van der Waals surface area contributed by atoms with Crippen LogP contribution in [-0.2, 0) is 7.05 Å². The quantitative estimate of drug-likeness (QED) is 0.703. The Kier molecular flexibility index (Phi) is 1.75. The van der Waals surface area contributed by atoms with Gasteiger partial charge in [-0.1, -0.05) is 6.42 Å². The molecule has 1 fully saturated rings. The van der Waals surface area contributed by atoms with Crippen LogP contribution in [0.25, 0.3) is 0 Å². The normalized spacial score (nSPS) is 18.4. The number of aromatic nitrogens is 2. The van der Waals surface area contributed by atoms with Gasteiger partial charge in [0.15, 0.2) is 0 Å². The van der Waals surface area contributed by atoms with Gasteiger partial charge in [0, 0.05) is 13.0 Å². The van der Waals surface area contributed by atoms with Gasteiger partial charge in [0.05, 0.1) is 6.20 Å². The molecular formula is C8H11BrN2. The standard InChI is InChI=1S/C8H11BrN2/c1-11-7(9)5-10-8(11)6-3-2-4-6/h5-6H,2-4H2,1H3. The van der Waals surface area contributed by atoms with Gasteiger partial charge < -0.3 is 4.57 Å². The van der Waals surface area contributed by atoms with Crippen LogP contribution in [0.15, 0.2) is 10.8 Å². The minimum Gasteiger partial charge on any atom is -0.326 e. The van der Waals surface area contributed by atoms with Crippen molar-refractivity contribution < 1.29 is 0 Å². The lowest BCUT2D eigenvalue weighted by Crippen LogP contribution is -2.13. The van der Waals surface area contributed by atoms with Gasteiger partial charge in [0.25, 0.3) is 0 Å². The Bertz CT molecular complexity index is 263. The maximum atomic E-state index is 4.35. The summed E-state index contributed by atoms with van der Waals surface area (Å²) in [6.45, 7) is 0. The molecule has 0 radical (unpaired) electrons. The maximum Gasteiger partial charge on any atom is 0.112 e. The molecule has 1 saturated carbocycles. The second kappa shape index (κ2) is 2.63. The smallest absolute Gasteiger partial charge is 0.112 e. The highest BCUT2D eigenvalue weighted by Crippen LogP contribution is 2.35. The zero-order valence-electron chi connectivity index (χ0n) is 6.55. The van der Waals surface area contributed by atoms with Gasteiger partial charge in [0.2, 0.25) is 0 Å². The zero-order chi connectivity index (χ0) is 7.84. The number of hydrogen-bond acceptors (Lipinski definition) is 1. The fourth-order valence-corrected chi connectivity index (χ4v) is 1.73. The van der Waals surface area contributed by atoms with Crippen LogP contribution < -0.4 is 0 Å². The average Bonchev–Trinajstić information content (AvgIpc) is 2.15. The van der Waals surface area contributed by atoms with Crippen molar-refractivity contribution in [2.75, 3.05) is 0 Å². The van der Waals surface area contributed by atoms with Gasteiger partial charge in [-0.3, -0.25) is 0 Å². The summed E-state index contributed by atoms with van der Waals surface area (Å²) >= 11 is 3.44. The van der Waals surface area contributed by atoms with E-state index in [0.29, 0.717) is 0 Å². The molecule has 60 valence electrons. The summed E-state index contributed by atoms with van der Waals surface area (Å²) in [6, 6.07) is 0. The van der Waals surface area contributed by atoms with Crippen LogP contribution in [0.5, 0.6) is 0 Å². The van der Waals surface area contributed by atoms with Gasteiger partial charge >= 0.3 is 0 Å². The molecule has 0 aromatic carbocycles. The Hall–Kier alpha value is -0.310. The second-order valence-corrected chi connectivity index (χ2v) is 3.94. The molecule has 0 bridgehead atoms. The number of halogens is 1. The molecule has 0 unspecified atom stereocenters. The van der Waals surface area contributed by atoms with Gasteiger partial charge in [-0.2, -0.15) is 0 Å². The van der Waals surface area contributed by atoms with Crippen molar-refractivity contribution in [1.29, 1.82) is 0 Å². The molecule has 1 aromatic heterocycles. The predicted molar refractivity (Wildman–Crippen MR) is 47.5 cm³/mol. The summed E-state index contributed by atoms with van der Waals surface area (Å²) in [5.74, 6) is 1.97. The number of imidazole rings is 1. The number of rotatable bonds is 1. The van der Waals surface area contributed by atoms with E-state index in [0.717, 1.165) is 10.5 Å². The Morgan fingerprint density at radius 2 is 2.36 bits per heavy atom. The van der Waals surface area contributed by atoms with Gasteiger partial charge in [-0.15, -0.1) is 0 Å². The average molecular weight is 215 g/mol. The van der Waals surface area contributed by atoms with E-state index in [1.54, 1.807) is 0 Å². The van der Waals surface area contributed by atoms with Crippen molar-refractivity contribution in [3.8, 4) is 0 Å². The molecule has 0 aliphatic heterocycles. The molecule has 2 nitrogen and oxygen atoms in total. The van der Waals surface area contributed by atoms with Crippen molar-refractivity contribution in [3.05, 3.63) is 16.6 Å². The fourth-order valence-electron chi connectivity index (χ4n) is 1.45. The van der Waals surface area contributed by atoms with E-state index in [-0.39, 0.29) is 0 Å². The first-order valence-corrected chi connectivity index (χ1v) is 4.75. The van der Waals surface area contributed by atoms with Crippen molar-refractivity contribution >= 4 is 15.9 Å². The van der Waals surface area contributed by atoms with Gasteiger partial charge in [-0.05, 0) is 28.8 Å². The summed E-state index contributed by atoms with van der Waals surface area (Å²) in [5.41, 5.74) is 0. The van der Waals surface area contributed by atoms with Crippen LogP contribution in [0.2, 0.25) is 0 Å². The molecule has 3 heteroatoms. The SMILES string of the molecule is Cn1c(Br)cnc1C1CCC1. The minimum atomic E-state index is 0.728. The summed E-state index contributed by atoms with van der Waals surface area (Å²) < 4.78 is 3.21. The van der Waals surface area contributed by atoms with Gasteiger partial charge in [0.1, 0.15) is 10.4 Å². The molecular weight excluding hydrogens is 204 g/mol. The van der Waals surface area contributed by atoms with E-state index in [2.05, 4.69) is 32.5 Å². The number of nitrogens with zero attached hydrogens (tertiary/aromatic N) is 2. The highest BCUT2D eigenvalue weighted by atomic mass is 79.9. The molecule has 1 aliphatic carbocycles. The molecule has 0 spiro atoms. The van der Waals surface area contributed by atoms with Crippen LogP contribution in [-0.4, -0.2) is 9.55 Å². The molecule has 0 saturated heterocycles. The van der Waals surface area contributed by atoms with E-state index in [1.807, 2.05) is 6.20 Å². The minimum absolute atomic E-state index is 0.728. The van der Waals surface area contributed by atoms with Crippen molar-refractivity contribution in [2.45, 2.75) is 25.2 Å². The topological polar surface area (TPSA) is 17.8 Å². The Morgan fingerprint density at radius 1 is 1.64 bits per heavy atom. The Morgan fingerprint density at radius 3 is 2.73 bits per heavy atom. The highest BCUT2D eigenvalue weighted by molar-refractivity contribution is 9.10. The molecule has 2 rings (SSSR count). The molecule has 1 aliphatic rings. The third kappa shape index (κ3) is 1.11. The molecule has 0 atom stereocenters. The highest BCUT2D eigenvalue weighted by Gasteiger charge is 2.23. The zero-order valence-corrected chi connectivity index (χ0v) is 8.13. The predicted octanol–water partition coefficient (Wildman–Crippen LogP) is 2.45. The van der Waals surface area contributed by atoms with Crippen molar-refractivity contribution in [3.63, 3.8) is 0 Å². The van der Waals surface area contributed by atoms with E-state index >= 15 is 0 Å². The van der Waals surface area contributed by atoms with Crippen LogP contribution in [0.1, 0.15) is 31.0 Å². The fraction of sp³-hybridized carbons (Fsp3) is 0.625. The third-order valence-corrected chi connectivity index (χ3v) is 3.17. The first kappa shape index (κ1) is 7.35. The lowest BCUT2D eigenvalue weighted by atomic mass is 9.85. The maximum absolute atomic E-state index is 4.35. The van der Waals surface area contributed by atoms with Crippen molar-refractivity contribution in [2.24, 2.45) is 7.05 Å².